The average Bonchev–Trinajstić information content (AvgIpc) is 2.82. The minimum absolute atomic E-state index is 0.0166. The number of halogens is 1. The molecule has 0 radical (unpaired) electrons. The Labute approximate surface area is 133 Å². The van der Waals surface area contributed by atoms with Gasteiger partial charge < -0.3 is 4.90 Å². The Balaban J connectivity index is 1.93. The Bertz CT molecular complexity index is 784. The lowest BCUT2D eigenvalue weighted by Crippen LogP contribution is -2.41. The Hall–Kier alpha value is -2.40. The highest BCUT2D eigenvalue weighted by Gasteiger charge is 2.32. The predicted octanol–water partition coefficient (Wildman–Crippen LogP) is 2.66. The van der Waals surface area contributed by atoms with Crippen LogP contribution in [-0.2, 0) is 0 Å². The molecule has 1 atom stereocenters. The molecule has 1 unspecified atom stereocenters. The van der Waals surface area contributed by atoms with Gasteiger partial charge >= 0.3 is 0 Å². The third-order valence-corrected chi connectivity index (χ3v) is 4.04. The number of aliphatic imine (C=N–C) groups is 1. The number of anilines is 1. The molecule has 0 saturated heterocycles. The molecule has 1 aromatic heterocycles. The van der Waals surface area contributed by atoms with E-state index in [9.17, 15) is 0 Å². The lowest BCUT2D eigenvalue weighted by Gasteiger charge is -2.24. The monoisotopic (exact) mass is 311 g/mol. The predicted molar refractivity (Wildman–Crippen MR) is 88.7 cm³/mol. The van der Waals surface area contributed by atoms with E-state index in [1.165, 1.54) is 0 Å². The molecule has 2 aliphatic rings. The summed E-state index contributed by atoms with van der Waals surface area (Å²) in [6.45, 7) is 2.57. The number of fused-ring (bicyclic) bond motifs is 3. The van der Waals surface area contributed by atoms with Crippen molar-refractivity contribution in [2.75, 3.05) is 11.4 Å². The molecule has 0 fully saturated rings. The number of benzene rings is 1. The van der Waals surface area contributed by atoms with E-state index in [-0.39, 0.29) is 6.17 Å². The quantitative estimate of drug-likeness (QED) is 0.824. The van der Waals surface area contributed by atoms with Crippen LogP contribution in [0.5, 0.6) is 0 Å². The first kappa shape index (κ1) is 13.3. The lowest BCUT2D eigenvalue weighted by molar-refractivity contribution is 0.595. The maximum atomic E-state index is 6.13. The summed E-state index contributed by atoms with van der Waals surface area (Å²) in [4.78, 5) is 11.4. The minimum Gasteiger partial charge on any atom is -0.302 e. The topological polar surface area (TPSA) is 52.9 Å². The third kappa shape index (κ3) is 2.05. The van der Waals surface area contributed by atoms with Crippen LogP contribution in [0.15, 0.2) is 52.6 Å². The summed E-state index contributed by atoms with van der Waals surface area (Å²) in [5.41, 5.74) is 6.79. The zero-order chi connectivity index (χ0) is 15.1. The van der Waals surface area contributed by atoms with Crippen molar-refractivity contribution in [1.82, 2.24) is 10.4 Å². The third-order valence-electron chi connectivity index (χ3n) is 3.83. The van der Waals surface area contributed by atoms with Gasteiger partial charge in [-0.05, 0) is 19.1 Å². The number of nitrogens with one attached hydrogen (secondary N) is 1. The summed E-state index contributed by atoms with van der Waals surface area (Å²) in [7, 11) is 0. The minimum atomic E-state index is 0.0166. The summed E-state index contributed by atoms with van der Waals surface area (Å²) in [6, 6.07) is 13.8. The second-order valence-electron chi connectivity index (χ2n) is 5.23. The van der Waals surface area contributed by atoms with Gasteiger partial charge in [0.25, 0.3) is 0 Å². The van der Waals surface area contributed by atoms with Crippen LogP contribution in [0.1, 0.15) is 18.2 Å². The van der Waals surface area contributed by atoms with E-state index in [1.807, 2.05) is 43.3 Å². The van der Waals surface area contributed by atoms with Crippen LogP contribution in [0.4, 0.5) is 5.69 Å². The van der Waals surface area contributed by atoms with Gasteiger partial charge in [-0.25, -0.2) is 4.98 Å². The van der Waals surface area contributed by atoms with Crippen molar-refractivity contribution in [3.05, 3.63) is 58.9 Å². The van der Waals surface area contributed by atoms with Gasteiger partial charge in [0.1, 0.15) is 22.8 Å². The zero-order valence-electron chi connectivity index (χ0n) is 12.0. The molecule has 0 aliphatic carbocycles. The molecule has 6 heteroatoms. The summed E-state index contributed by atoms with van der Waals surface area (Å²) >= 11 is 6.13. The number of hydrazone groups is 1. The maximum Gasteiger partial charge on any atom is 0.140 e. The fourth-order valence-corrected chi connectivity index (χ4v) is 2.99. The van der Waals surface area contributed by atoms with Gasteiger partial charge in [0.05, 0.1) is 17.9 Å². The average molecular weight is 312 g/mol. The Morgan fingerprint density at radius 2 is 2.00 bits per heavy atom. The SMILES string of the molecule is CC1=NNC2CN=C(c3ccccc3)c3nc(Cl)ccc3N12. The molecule has 3 heterocycles. The van der Waals surface area contributed by atoms with Gasteiger partial charge in [-0.2, -0.15) is 5.10 Å². The largest absolute Gasteiger partial charge is 0.302 e. The van der Waals surface area contributed by atoms with Crippen LogP contribution in [0.2, 0.25) is 5.15 Å². The van der Waals surface area contributed by atoms with E-state index in [0.29, 0.717) is 11.7 Å². The Kier molecular flexibility index (Phi) is 3.08. The molecule has 110 valence electrons. The second kappa shape index (κ2) is 5.10. The number of amidine groups is 1. The summed E-state index contributed by atoms with van der Waals surface area (Å²) < 4.78 is 0. The van der Waals surface area contributed by atoms with Crippen molar-refractivity contribution in [1.29, 1.82) is 0 Å². The van der Waals surface area contributed by atoms with E-state index in [0.717, 1.165) is 28.5 Å². The van der Waals surface area contributed by atoms with Gasteiger partial charge in [0.2, 0.25) is 0 Å². The number of pyridine rings is 1. The number of hydrogen-bond donors (Lipinski definition) is 1. The standard InChI is InChI=1S/C16H14ClN5/c1-10-20-21-14-9-18-15(11-5-3-2-4-6-11)16-12(22(10)14)7-8-13(17)19-16/h2-8,14,21H,9H2,1H3. The maximum absolute atomic E-state index is 6.13. The normalized spacial score (nSPS) is 19.5. The number of nitrogens with zero attached hydrogens (tertiary/aromatic N) is 4. The molecule has 4 rings (SSSR count). The first-order valence-corrected chi connectivity index (χ1v) is 7.47. The molecule has 1 aromatic carbocycles. The number of aromatic nitrogens is 1. The van der Waals surface area contributed by atoms with Gasteiger partial charge in [0.15, 0.2) is 0 Å². The van der Waals surface area contributed by atoms with E-state index in [4.69, 9.17) is 16.6 Å². The van der Waals surface area contributed by atoms with E-state index >= 15 is 0 Å². The van der Waals surface area contributed by atoms with Crippen molar-refractivity contribution < 1.29 is 0 Å². The first-order valence-electron chi connectivity index (χ1n) is 7.10. The molecule has 0 spiro atoms. The fraction of sp³-hybridized carbons (Fsp3) is 0.188. The van der Waals surface area contributed by atoms with E-state index in [2.05, 4.69) is 20.4 Å². The van der Waals surface area contributed by atoms with Crippen LogP contribution >= 0.6 is 11.6 Å². The molecule has 2 aliphatic heterocycles. The van der Waals surface area contributed by atoms with Crippen LogP contribution in [0.3, 0.4) is 0 Å². The van der Waals surface area contributed by atoms with Gasteiger partial charge in [-0.15, -0.1) is 0 Å². The number of hydrogen-bond acceptors (Lipinski definition) is 5. The van der Waals surface area contributed by atoms with Crippen LogP contribution in [0.25, 0.3) is 0 Å². The molecule has 0 bridgehead atoms. The molecule has 0 saturated carbocycles. The lowest BCUT2D eigenvalue weighted by atomic mass is 10.1. The second-order valence-corrected chi connectivity index (χ2v) is 5.62. The Morgan fingerprint density at radius 3 is 2.82 bits per heavy atom. The van der Waals surface area contributed by atoms with Gasteiger partial charge in [0, 0.05) is 5.56 Å². The molecular formula is C16H14ClN5. The van der Waals surface area contributed by atoms with Gasteiger partial charge in [-0.3, -0.25) is 10.4 Å². The molecule has 5 nitrogen and oxygen atoms in total. The van der Waals surface area contributed by atoms with Gasteiger partial charge in [-0.1, -0.05) is 41.9 Å². The smallest absolute Gasteiger partial charge is 0.140 e. The van der Waals surface area contributed by atoms with Crippen molar-refractivity contribution in [2.45, 2.75) is 13.1 Å². The van der Waals surface area contributed by atoms with Crippen LogP contribution in [-0.4, -0.2) is 29.2 Å². The van der Waals surface area contributed by atoms with Crippen LogP contribution in [0, 0.1) is 0 Å². The van der Waals surface area contributed by atoms with Crippen LogP contribution < -0.4 is 10.3 Å². The van der Waals surface area contributed by atoms with Crippen molar-refractivity contribution in [3.8, 4) is 0 Å². The summed E-state index contributed by atoms with van der Waals surface area (Å²) in [5.74, 6) is 0.903. The van der Waals surface area contributed by atoms with Crippen molar-refractivity contribution in [3.63, 3.8) is 0 Å². The molecule has 0 amide bonds. The highest BCUT2D eigenvalue weighted by molar-refractivity contribution is 6.30. The summed E-state index contributed by atoms with van der Waals surface area (Å²) in [6.07, 6.45) is 0.0166. The van der Waals surface area contributed by atoms with Crippen molar-refractivity contribution in [2.24, 2.45) is 10.1 Å². The highest BCUT2D eigenvalue weighted by Crippen LogP contribution is 2.30. The Morgan fingerprint density at radius 1 is 1.18 bits per heavy atom. The van der Waals surface area contributed by atoms with Crippen molar-refractivity contribution >= 4 is 28.8 Å². The molecule has 2 aromatic rings. The fourth-order valence-electron chi connectivity index (χ4n) is 2.84. The van der Waals surface area contributed by atoms with E-state index < -0.39 is 0 Å². The zero-order valence-corrected chi connectivity index (χ0v) is 12.7. The number of rotatable bonds is 1. The summed E-state index contributed by atoms with van der Waals surface area (Å²) in [5, 5.41) is 4.76. The van der Waals surface area contributed by atoms with E-state index in [1.54, 1.807) is 6.07 Å². The molecule has 1 N–H and O–H groups in total. The first-order chi connectivity index (χ1) is 10.7. The molecular weight excluding hydrogens is 298 g/mol. The molecule has 22 heavy (non-hydrogen) atoms. The highest BCUT2D eigenvalue weighted by atomic mass is 35.5.